The zero-order valence-corrected chi connectivity index (χ0v) is 12.6. The molecule has 0 bridgehead atoms. The van der Waals surface area contributed by atoms with Gasteiger partial charge in [-0.3, -0.25) is 14.9 Å². The molecule has 1 aromatic carbocycles. The number of halogens is 1. The number of amides is 1. The lowest BCUT2D eigenvalue weighted by Gasteiger charge is -2.32. The molecule has 1 aliphatic rings. The van der Waals surface area contributed by atoms with E-state index in [2.05, 4.69) is 6.92 Å². The molecule has 1 aromatic rings. The van der Waals surface area contributed by atoms with Gasteiger partial charge in [-0.05, 0) is 18.6 Å². The summed E-state index contributed by atoms with van der Waals surface area (Å²) >= 11 is 7.62. The van der Waals surface area contributed by atoms with E-state index in [1.165, 1.54) is 12.1 Å². The van der Waals surface area contributed by atoms with Crippen LogP contribution in [-0.4, -0.2) is 39.8 Å². The maximum Gasteiger partial charge on any atom is 0.288 e. The van der Waals surface area contributed by atoms with Gasteiger partial charge >= 0.3 is 0 Å². The molecule has 1 amide bonds. The Morgan fingerprint density at radius 1 is 1.60 bits per heavy atom. The van der Waals surface area contributed by atoms with Crippen LogP contribution in [0.5, 0.6) is 0 Å². The normalized spacial score (nSPS) is 18.9. The molecule has 108 valence electrons. The molecule has 20 heavy (non-hydrogen) atoms. The highest BCUT2D eigenvalue weighted by Gasteiger charge is 2.25. The summed E-state index contributed by atoms with van der Waals surface area (Å²) in [5.41, 5.74) is 0.0961. The van der Waals surface area contributed by atoms with Crippen molar-refractivity contribution < 1.29 is 9.72 Å². The summed E-state index contributed by atoms with van der Waals surface area (Å²) in [6.07, 6.45) is 1.01. The molecule has 1 saturated heterocycles. The van der Waals surface area contributed by atoms with E-state index in [1.807, 2.05) is 11.8 Å². The third-order valence-corrected chi connectivity index (χ3v) is 4.96. The lowest BCUT2D eigenvalue weighted by Crippen LogP contribution is -2.41. The summed E-state index contributed by atoms with van der Waals surface area (Å²) in [7, 11) is 0. The zero-order chi connectivity index (χ0) is 14.7. The number of carbonyl (C=O) groups excluding carboxylic acids is 1. The van der Waals surface area contributed by atoms with Crippen molar-refractivity contribution in [2.24, 2.45) is 0 Å². The molecule has 7 heteroatoms. The van der Waals surface area contributed by atoms with Gasteiger partial charge in [0.2, 0.25) is 0 Å². The predicted octanol–water partition coefficient (Wildman–Crippen LogP) is 3.22. The number of nitrogens with zero attached hydrogens (tertiary/aromatic N) is 2. The highest BCUT2D eigenvalue weighted by molar-refractivity contribution is 8.00. The fourth-order valence-corrected chi connectivity index (χ4v) is 3.49. The number of hydrogen-bond acceptors (Lipinski definition) is 4. The van der Waals surface area contributed by atoms with Crippen molar-refractivity contribution in [3.05, 3.63) is 38.9 Å². The van der Waals surface area contributed by atoms with Gasteiger partial charge in [-0.25, -0.2) is 0 Å². The van der Waals surface area contributed by atoms with Crippen molar-refractivity contribution in [3.63, 3.8) is 0 Å². The van der Waals surface area contributed by atoms with Crippen LogP contribution in [-0.2, 0) is 0 Å². The molecule has 1 aliphatic heterocycles. The van der Waals surface area contributed by atoms with Crippen LogP contribution in [0.3, 0.4) is 0 Å². The maximum atomic E-state index is 12.4. The molecule has 0 saturated carbocycles. The zero-order valence-electron chi connectivity index (χ0n) is 11.0. The first-order valence-corrected chi connectivity index (χ1v) is 7.80. The molecule has 0 radical (unpaired) electrons. The fraction of sp³-hybridized carbons (Fsp3) is 0.462. The largest absolute Gasteiger partial charge is 0.337 e. The second-order valence-corrected chi connectivity index (χ2v) is 6.39. The Hall–Kier alpha value is -1.27. The predicted molar refractivity (Wildman–Crippen MR) is 80.5 cm³/mol. The summed E-state index contributed by atoms with van der Waals surface area (Å²) in [6.45, 7) is 3.46. The van der Waals surface area contributed by atoms with Gasteiger partial charge in [0, 0.05) is 35.7 Å². The van der Waals surface area contributed by atoms with Gasteiger partial charge < -0.3 is 4.90 Å². The van der Waals surface area contributed by atoms with E-state index < -0.39 is 4.92 Å². The molecule has 1 heterocycles. The number of benzene rings is 1. The number of thioether (sulfide) groups is 1. The number of nitro benzene ring substituents is 1. The monoisotopic (exact) mass is 314 g/mol. The van der Waals surface area contributed by atoms with Gasteiger partial charge in [0.25, 0.3) is 11.6 Å². The van der Waals surface area contributed by atoms with Crippen molar-refractivity contribution >= 4 is 35.0 Å². The quantitative estimate of drug-likeness (QED) is 0.635. The second kappa shape index (κ2) is 6.45. The van der Waals surface area contributed by atoms with Crippen molar-refractivity contribution in [3.8, 4) is 0 Å². The summed E-state index contributed by atoms with van der Waals surface area (Å²) in [5.74, 6) is 0.739. The SMILES string of the molecule is CCC1CN(C(=O)c2ccc(Cl)c([N+](=O)[O-])c2)CCS1. The molecule has 1 unspecified atom stereocenters. The Morgan fingerprint density at radius 2 is 2.35 bits per heavy atom. The van der Waals surface area contributed by atoms with Gasteiger partial charge in [-0.2, -0.15) is 11.8 Å². The van der Waals surface area contributed by atoms with Crippen LogP contribution in [0.4, 0.5) is 5.69 Å². The molecule has 0 N–H and O–H groups in total. The van der Waals surface area contributed by atoms with E-state index >= 15 is 0 Å². The van der Waals surface area contributed by atoms with E-state index in [0.717, 1.165) is 12.2 Å². The molecule has 1 fully saturated rings. The first-order chi connectivity index (χ1) is 9.52. The molecular weight excluding hydrogens is 300 g/mol. The van der Waals surface area contributed by atoms with E-state index in [0.29, 0.717) is 23.9 Å². The van der Waals surface area contributed by atoms with Gasteiger partial charge in [0.15, 0.2) is 0 Å². The van der Waals surface area contributed by atoms with Crippen LogP contribution >= 0.6 is 23.4 Å². The Morgan fingerprint density at radius 3 is 3.00 bits per heavy atom. The highest BCUT2D eigenvalue weighted by Crippen LogP contribution is 2.27. The first kappa shape index (κ1) is 15.1. The van der Waals surface area contributed by atoms with E-state index in [4.69, 9.17) is 11.6 Å². The number of rotatable bonds is 3. The molecular formula is C13H15ClN2O3S. The van der Waals surface area contributed by atoms with Crippen LogP contribution in [0.25, 0.3) is 0 Å². The number of nitro groups is 1. The van der Waals surface area contributed by atoms with Crippen molar-refractivity contribution in [1.29, 1.82) is 0 Å². The summed E-state index contributed by atoms with van der Waals surface area (Å²) in [5, 5.41) is 11.4. The van der Waals surface area contributed by atoms with E-state index in [1.54, 1.807) is 11.0 Å². The minimum absolute atomic E-state index is 0.0483. The lowest BCUT2D eigenvalue weighted by atomic mass is 10.1. The molecule has 0 aromatic heterocycles. The topological polar surface area (TPSA) is 63.5 Å². The third kappa shape index (κ3) is 3.24. The average molecular weight is 315 g/mol. The molecule has 1 atom stereocenters. The molecule has 5 nitrogen and oxygen atoms in total. The smallest absolute Gasteiger partial charge is 0.288 e. The lowest BCUT2D eigenvalue weighted by molar-refractivity contribution is -0.384. The van der Waals surface area contributed by atoms with Crippen LogP contribution in [0.15, 0.2) is 18.2 Å². The summed E-state index contributed by atoms with van der Waals surface area (Å²) < 4.78 is 0. The summed E-state index contributed by atoms with van der Waals surface area (Å²) in [4.78, 5) is 24.5. The summed E-state index contributed by atoms with van der Waals surface area (Å²) in [6, 6.07) is 4.21. The molecule has 2 rings (SSSR count). The Bertz CT molecular complexity index is 538. The van der Waals surface area contributed by atoms with Crippen LogP contribution < -0.4 is 0 Å². The van der Waals surface area contributed by atoms with Crippen LogP contribution in [0.1, 0.15) is 23.7 Å². The van der Waals surface area contributed by atoms with Gasteiger partial charge in [0.05, 0.1) is 4.92 Å². The van der Waals surface area contributed by atoms with Crippen molar-refractivity contribution in [2.45, 2.75) is 18.6 Å². The number of hydrogen-bond donors (Lipinski definition) is 0. The highest BCUT2D eigenvalue weighted by atomic mass is 35.5. The second-order valence-electron chi connectivity index (χ2n) is 4.58. The van der Waals surface area contributed by atoms with Crippen molar-refractivity contribution in [1.82, 2.24) is 4.90 Å². The standard InChI is InChI=1S/C13H15ClN2O3S/c1-2-10-8-15(5-6-20-10)13(17)9-3-4-11(14)12(7-9)16(18)19/h3-4,7,10H,2,5-6,8H2,1H3. The maximum absolute atomic E-state index is 12.4. The molecule has 0 spiro atoms. The Labute approximate surface area is 126 Å². The average Bonchev–Trinajstić information content (AvgIpc) is 2.46. The van der Waals surface area contributed by atoms with Gasteiger partial charge in [0.1, 0.15) is 5.02 Å². The molecule has 0 aliphatic carbocycles. The fourth-order valence-electron chi connectivity index (χ4n) is 2.12. The van der Waals surface area contributed by atoms with Gasteiger partial charge in [-0.1, -0.05) is 18.5 Å². The minimum atomic E-state index is -0.569. The van der Waals surface area contributed by atoms with E-state index in [9.17, 15) is 14.9 Å². The van der Waals surface area contributed by atoms with Crippen LogP contribution in [0.2, 0.25) is 5.02 Å². The van der Waals surface area contributed by atoms with Crippen molar-refractivity contribution in [2.75, 3.05) is 18.8 Å². The Balaban J connectivity index is 2.20. The minimum Gasteiger partial charge on any atom is -0.337 e. The third-order valence-electron chi connectivity index (χ3n) is 3.27. The Kier molecular flexibility index (Phi) is 4.88. The van der Waals surface area contributed by atoms with Gasteiger partial charge in [-0.15, -0.1) is 0 Å². The first-order valence-electron chi connectivity index (χ1n) is 6.37. The van der Waals surface area contributed by atoms with Crippen LogP contribution in [0, 0.1) is 10.1 Å². The van der Waals surface area contributed by atoms with E-state index in [-0.39, 0.29) is 16.6 Å². The number of carbonyl (C=O) groups is 1.